The van der Waals surface area contributed by atoms with E-state index in [1.807, 2.05) is 44.2 Å². The second-order valence-corrected chi connectivity index (χ2v) is 10.1. The van der Waals surface area contributed by atoms with Crippen molar-refractivity contribution in [1.29, 1.82) is 0 Å². The number of aliphatic imine (C=N–C) groups is 1. The molecular weight excluding hydrogens is 454 g/mol. The number of aliphatic hydroxyl groups is 1. The van der Waals surface area contributed by atoms with Gasteiger partial charge in [0.25, 0.3) is 0 Å². The highest BCUT2D eigenvalue weighted by atomic mass is 35.5. The topological polar surface area (TPSA) is 83.4 Å². The van der Waals surface area contributed by atoms with Crippen LogP contribution in [0.4, 0.5) is 5.69 Å². The number of rotatable bonds is 5. The zero-order valence-electron chi connectivity index (χ0n) is 20.0. The molecule has 2 N–H and O–H groups in total. The number of hydrogen-bond donors (Lipinski definition) is 2. The fourth-order valence-corrected chi connectivity index (χ4v) is 4.63. The predicted octanol–water partition coefficient (Wildman–Crippen LogP) is 4.53. The molecule has 7 nitrogen and oxygen atoms in total. The second kappa shape index (κ2) is 9.94. The van der Waals surface area contributed by atoms with E-state index < -0.39 is 5.60 Å². The Bertz CT molecular complexity index is 1080. The zero-order valence-corrected chi connectivity index (χ0v) is 20.8. The molecule has 1 saturated heterocycles. The van der Waals surface area contributed by atoms with Crippen LogP contribution < -0.4 is 10.1 Å². The van der Waals surface area contributed by atoms with Crippen molar-refractivity contribution >= 4 is 29.1 Å². The van der Waals surface area contributed by atoms with Crippen molar-refractivity contribution in [2.45, 2.75) is 51.9 Å². The van der Waals surface area contributed by atoms with E-state index in [4.69, 9.17) is 26.1 Å². The lowest BCUT2D eigenvalue weighted by Gasteiger charge is -2.38. The number of nitrogens with one attached hydrogen (secondary N) is 1. The highest BCUT2D eigenvalue weighted by Gasteiger charge is 2.33. The number of para-hydroxylation sites is 1. The van der Waals surface area contributed by atoms with E-state index in [2.05, 4.69) is 10.2 Å². The molecule has 34 heavy (non-hydrogen) atoms. The van der Waals surface area contributed by atoms with Gasteiger partial charge in [-0.05, 0) is 51.1 Å². The van der Waals surface area contributed by atoms with Crippen molar-refractivity contribution in [3.8, 4) is 11.5 Å². The van der Waals surface area contributed by atoms with Crippen LogP contribution in [0.3, 0.4) is 0 Å². The van der Waals surface area contributed by atoms with Gasteiger partial charge in [0.1, 0.15) is 23.4 Å². The molecule has 0 unspecified atom stereocenters. The summed E-state index contributed by atoms with van der Waals surface area (Å²) in [6.07, 6.45) is 0.0109. The van der Waals surface area contributed by atoms with Gasteiger partial charge in [0.05, 0.1) is 17.1 Å². The molecule has 0 saturated carbocycles. The van der Waals surface area contributed by atoms with E-state index in [9.17, 15) is 9.90 Å². The van der Waals surface area contributed by atoms with Gasteiger partial charge in [-0.3, -0.25) is 4.79 Å². The van der Waals surface area contributed by atoms with Crippen molar-refractivity contribution in [3.63, 3.8) is 0 Å². The quantitative estimate of drug-likeness (QED) is 0.605. The molecule has 8 heteroatoms. The van der Waals surface area contributed by atoms with Gasteiger partial charge in [-0.2, -0.15) is 0 Å². The highest BCUT2D eigenvalue weighted by Crippen LogP contribution is 2.39. The normalized spacial score (nSPS) is 19.6. The number of hydrogen-bond acceptors (Lipinski definition) is 7. The predicted molar refractivity (Wildman–Crippen MR) is 133 cm³/mol. The fraction of sp³-hybridized carbons (Fsp3) is 0.462. The van der Waals surface area contributed by atoms with Crippen LogP contribution in [-0.2, 0) is 9.53 Å². The van der Waals surface area contributed by atoms with E-state index in [1.54, 1.807) is 26.0 Å². The maximum absolute atomic E-state index is 12.8. The summed E-state index contributed by atoms with van der Waals surface area (Å²) in [5.41, 5.74) is 0.668. The number of ether oxygens (including phenoxy) is 2. The Kier molecular flexibility index (Phi) is 7.17. The first-order valence-electron chi connectivity index (χ1n) is 11.7. The van der Waals surface area contributed by atoms with Crippen LogP contribution in [0.1, 0.15) is 39.7 Å². The molecule has 4 rings (SSSR count). The van der Waals surface area contributed by atoms with Crippen molar-refractivity contribution in [3.05, 3.63) is 53.1 Å². The van der Waals surface area contributed by atoms with Gasteiger partial charge in [-0.25, -0.2) is 4.99 Å². The van der Waals surface area contributed by atoms with E-state index in [1.165, 1.54) is 0 Å². The molecule has 2 aromatic rings. The lowest BCUT2D eigenvalue weighted by molar-refractivity contribution is -0.156. The summed E-state index contributed by atoms with van der Waals surface area (Å²) < 4.78 is 11.8. The number of piperazine rings is 1. The van der Waals surface area contributed by atoms with E-state index >= 15 is 0 Å². The molecule has 0 aliphatic carbocycles. The Labute approximate surface area is 205 Å². The third-order valence-corrected chi connectivity index (χ3v) is 6.31. The van der Waals surface area contributed by atoms with Crippen LogP contribution in [0, 0.1) is 5.92 Å². The number of nitrogens with zero attached hydrogens (tertiary/aromatic N) is 2. The standard InChI is InChI=1S/C26H32ClN3O4/c1-16(14-26(3,4)32)33-25(31)17(2)21-15-30(12-11-28-21)24-19-7-5-6-8-22(19)34-23-10-9-18(27)13-20(23)29-24/h5-10,13,16-17,21,28,32H,11-12,14-15H2,1-4H3/t16-,17-,21-/m1/s1. The third-order valence-electron chi connectivity index (χ3n) is 6.08. The van der Waals surface area contributed by atoms with Crippen molar-refractivity contribution in [2.24, 2.45) is 10.9 Å². The summed E-state index contributed by atoms with van der Waals surface area (Å²) >= 11 is 6.24. The minimum atomic E-state index is -0.894. The van der Waals surface area contributed by atoms with Gasteiger partial charge in [0, 0.05) is 37.1 Å². The van der Waals surface area contributed by atoms with Crippen LogP contribution in [-0.4, -0.2) is 59.2 Å². The lowest BCUT2D eigenvalue weighted by Crippen LogP contribution is -2.56. The zero-order chi connectivity index (χ0) is 24.5. The van der Waals surface area contributed by atoms with Crippen LogP contribution in [0.25, 0.3) is 0 Å². The molecular formula is C26H32ClN3O4. The number of esters is 1. The first kappa shape index (κ1) is 24.5. The lowest BCUT2D eigenvalue weighted by atomic mass is 9.98. The molecule has 0 aromatic heterocycles. The van der Waals surface area contributed by atoms with Gasteiger partial charge in [-0.1, -0.05) is 30.7 Å². The van der Waals surface area contributed by atoms with Gasteiger partial charge < -0.3 is 24.8 Å². The summed E-state index contributed by atoms with van der Waals surface area (Å²) in [6, 6.07) is 13.1. The smallest absolute Gasteiger partial charge is 0.310 e. The van der Waals surface area contributed by atoms with Gasteiger partial charge >= 0.3 is 5.97 Å². The molecule has 0 amide bonds. The average Bonchev–Trinajstić information content (AvgIpc) is 2.94. The molecule has 2 aliphatic heterocycles. The number of carbonyl (C=O) groups excluding carboxylic acids is 1. The SMILES string of the molecule is C[C@H](CC(C)(C)O)OC(=O)[C@H](C)[C@H]1CN(C2=Nc3cc(Cl)ccc3Oc3ccccc32)CCN1. The maximum atomic E-state index is 12.8. The Morgan fingerprint density at radius 3 is 2.82 bits per heavy atom. The van der Waals surface area contributed by atoms with Crippen molar-refractivity contribution in [1.82, 2.24) is 10.2 Å². The highest BCUT2D eigenvalue weighted by molar-refractivity contribution is 6.31. The molecule has 182 valence electrons. The third kappa shape index (κ3) is 5.71. The summed E-state index contributed by atoms with van der Waals surface area (Å²) in [5.74, 6) is 1.52. The first-order valence-corrected chi connectivity index (χ1v) is 12.1. The largest absolute Gasteiger partial charge is 0.462 e. The molecule has 0 bridgehead atoms. The molecule has 2 aliphatic rings. The van der Waals surface area contributed by atoms with Crippen molar-refractivity contribution in [2.75, 3.05) is 19.6 Å². The summed E-state index contributed by atoms with van der Waals surface area (Å²) in [5, 5.41) is 14.1. The van der Waals surface area contributed by atoms with E-state index in [0.717, 1.165) is 23.7 Å². The second-order valence-electron chi connectivity index (χ2n) is 9.71. The Hall–Kier alpha value is -2.61. The number of halogens is 1. The summed E-state index contributed by atoms with van der Waals surface area (Å²) in [7, 11) is 0. The number of amidine groups is 1. The van der Waals surface area contributed by atoms with Crippen LogP contribution >= 0.6 is 11.6 Å². The Morgan fingerprint density at radius 2 is 2.06 bits per heavy atom. The minimum Gasteiger partial charge on any atom is -0.462 e. The fourth-order valence-electron chi connectivity index (χ4n) is 4.46. The monoisotopic (exact) mass is 485 g/mol. The van der Waals surface area contributed by atoms with E-state index in [0.29, 0.717) is 36.0 Å². The minimum absolute atomic E-state index is 0.117. The van der Waals surface area contributed by atoms with Crippen molar-refractivity contribution < 1.29 is 19.4 Å². The van der Waals surface area contributed by atoms with Gasteiger partial charge in [-0.15, -0.1) is 0 Å². The number of fused-ring (bicyclic) bond motifs is 2. The number of carbonyl (C=O) groups is 1. The molecule has 2 aromatic carbocycles. The van der Waals surface area contributed by atoms with Crippen LogP contribution in [0.2, 0.25) is 5.02 Å². The Balaban J connectivity index is 1.55. The van der Waals surface area contributed by atoms with Gasteiger partial charge in [0.15, 0.2) is 5.75 Å². The van der Waals surface area contributed by atoms with E-state index in [-0.39, 0.29) is 24.0 Å². The van der Waals surface area contributed by atoms with Gasteiger partial charge in [0.2, 0.25) is 0 Å². The van der Waals surface area contributed by atoms with Crippen LogP contribution in [0.15, 0.2) is 47.5 Å². The summed E-state index contributed by atoms with van der Waals surface area (Å²) in [6.45, 7) is 9.12. The molecule has 0 radical (unpaired) electrons. The number of benzene rings is 2. The molecule has 3 atom stereocenters. The summed E-state index contributed by atoms with van der Waals surface area (Å²) in [4.78, 5) is 20.0. The first-order chi connectivity index (χ1) is 16.1. The molecule has 0 spiro atoms. The average molecular weight is 486 g/mol. The maximum Gasteiger partial charge on any atom is 0.310 e. The van der Waals surface area contributed by atoms with Crippen LogP contribution in [0.5, 0.6) is 11.5 Å². The molecule has 1 fully saturated rings. The molecule has 2 heterocycles. The Morgan fingerprint density at radius 1 is 1.29 bits per heavy atom.